The van der Waals surface area contributed by atoms with Crippen LogP contribution in [0.25, 0.3) is 0 Å². The lowest BCUT2D eigenvalue weighted by atomic mass is 10.0. The maximum Gasteiger partial charge on any atom is 0.256 e. The van der Waals surface area contributed by atoms with E-state index in [1.54, 1.807) is 0 Å². The zero-order valence-corrected chi connectivity index (χ0v) is 22.8. The van der Waals surface area contributed by atoms with E-state index in [-0.39, 0.29) is 0 Å². The van der Waals surface area contributed by atoms with Crippen LogP contribution in [0, 0.1) is 0 Å². The van der Waals surface area contributed by atoms with E-state index in [1.807, 2.05) is 0 Å². The molecule has 2 nitrogen and oxygen atoms in total. The molecule has 192 valence electrons. The third-order valence-electron chi connectivity index (χ3n) is 7.29. The summed E-state index contributed by atoms with van der Waals surface area (Å²) in [4.78, 5) is 0. The molecule has 2 heteroatoms. The molecule has 0 aliphatic rings. The second-order valence-corrected chi connectivity index (χ2v) is 10.4. The van der Waals surface area contributed by atoms with Gasteiger partial charge in [-0.05, 0) is 24.8 Å². The average molecular weight is 468 g/mol. The second-order valence-electron chi connectivity index (χ2n) is 10.4. The van der Waals surface area contributed by atoms with E-state index in [1.165, 1.54) is 140 Å². The summed E-state index contributed by atoms with van der Waals surface area (Å²) in [7, 11) is 0. The standard InChI is InChI=1S/C32H55N2/c1-3-5-7-9-10-11-12-13-14-15-16-17-22-26-32-33(27-23-18-8-6-4-2)28-29-34(32)30-31-24-20-19-21-25-31/h19-21,24-25,28-29H,3-18,22-23,26-27,30H2,1-2H3/q+1. The molecule has 34 heavy (non-hydrogen) atoms. The predicted octanol–water partition coefficient (Wildman–Crippen LogP) is 9.43. The fraction of sp³-hybridized carbons (Fsp3) is 0.719. The fourth-order valence-electron chi connectivity index (χ4n) is 5.10. The molecule has 0 aliphatic carbocycles. The van der Waals surface area contributed by atoms with Gasteiger partial charge in [-0.3, -0.25) is 0 Å². The van der Waals surface area contributed by atoms with Crippen LogP contribution in [0.2, 0.25) is 0 Å². The number of benzene rings is 1. The fourth-order valence-corrected chi connectivity index (χ4v) is 5.10. The van der Waals surface area contributed by atoms with Crippen molar-refractivity contribution in [1.29, 1.82) is 0 Å². The molecule has 0 aliphatic heterocycles. The minimum absolute atomic E-state index is 0.997. The van der Waals surface area contributed by atoms with E-state index in [4.69, 9.17) is 0 Å². The van der Waals surface area contributed by atoms with Crippen molar-refractivity contribution in [2.75, 3.05) is 0 Å². The first-order valence-electron chi connectivity index (χ1n) is 15.0. The SMILES string of the molecule is CCCCCCCCCCCCCCCc1n(Cc2ccccc2)cc[n+]1CCCCCCC. The molecule has 0 spiro atoms. The molecule has 1 aromatic heterocycles. The zero-order valence-electron chi connectivity index (χ0n) is 22.8. The molecule has 0 unspecified atom stereocenters. The number of aromatic nitrogens is 2. The van der Waals surface area contributed by atoms with Gasteiger partial charge in [-0.25, -0.2) is 9.13 Å². The number of imidazole rings is 1. The van der Waals surface area contributed by atoms with Crippen LogP contribution >= 0.6 is 0 Å². The molecule has 0 saturated carbocycles. The third kappa shape index (κ3) is 12.8. The van der Waals surface area contributed by atoms with E-state index in [0.717, 1.165) is 6.54 Å². The first-order valence-corrected chi connectivity index (χ1v) is 15.0. The molecule has 0 radical (unpaired) electrons. The monoisotopic (exact) mass is 467 g/mol. The van der Waals surface area contributed by atoms with Gasteiger partial charge in [0.15, 0.2) is 0 Å². The minimum atomic E-state index is 0.997. The summed E-state index contributed by atoms with van der Waals surface area (Å²) < 4.78 is 5.05. The van der Waals surface area contributed by atoms with Gasteiger partial charge in [0, 0.05) is 6.42 Å². The lowest BCUT2D eigenvalue weighted by Crippen LogP contribution is -2.37. The minimum Gasteiger partial charge on any atom is -0.234 e. The Morgan fingerprint density at radius 1 is 0.588 bits per heavy atom. The number of aryl methyl sites for hydroxylation is 1. The lowest BCUT2D eigenvalue weighted by Gasteiger charge is -2.07. The van der Waals surface area contributed by atoms with Gasteiger partial charge in [-0.2, -0.15) is 0 Å². The summed E-state index contributed by atoms with van der Waals surface area (Å²) >= 11 is 0. The van der Waals surface area contributed by atoms with E-state index in [2.05, 4.69) is 65.7 Å². The molecule has 0 bridgehead atoms. The topological polar surface area (TPSA) is 8.81 Å². The highest BCUT2D eigenvalue weighted by Gasteiger charge is 2.17. The van der Waals surface area contributed by atoms with Gasteiger partial charge >= 0.3 is 0 Å². The zero-order chi connectivity index (χ0) is 24.1. The van der Waals surface area contributed by atoms with Crippen molar-refractivity contribution < 1.29 is 4.57 Å². The molecular formula is C32H55N2+. The van der Waals surface area contributed by atoms with Crippen molar-refractivity contribution in [2.45, 2.75) is 149 Å². The normalized spacial score (nSPS) is 11.4. The Morgan fingerprint density at radius 3 is 1.65 bits per heavy atom. The van der Waals surface area contributed by atoms with Crippen molar-refractivity contribution in [3.05, 3.63) is 54.1 Å². The Hall–Kier alpha value is -1.57. The summed E-state index contributed by atoms with van der Waals surface area (Å²) in [6, 6.07) is 10.9. The molecule has 0 saturated heterocycles. The first kappa shape index (κ1) is 28.7. The van der Waals surface area contributed by atoms with E-state index < -0.39 is 0 Å². The van der Waals surface area contributed by atoms with Crippen LogP contribution in [0.1, 0.15) is 141 Å². The van der Waals surface area contributed by atoms with Gasteiger partial charge in [0.1, 0.15) is 18.9 Å². The smallest absolute Gasteiger partial charge is 0.234 e. The Kier molecular flexibility index (Phi) is 16.6. The van der Waals surface area contributed by atoms with Gasteiger partial charge in [-0.1, -0.05) is 140 Å². The van der Waals surface area contributed by atoms with Gasteiger partial charge in [-0.15, -0.1) is 0 Å². The summed E-state index contributed by atoms with van der Waals surface area (Å²) in [5, 5.41) is 0. The van der Waals surface area contributed by atoms with Crippen molar-refractivity contribution in [3.63, 3.8) is 0 Å². The molecular weight excluding hydrogens is 412 g/mol. The van der Waals surface area contributed by atoms with Crippen LogP contribution in [0.5, 0.6) is 0 Å². The highest BCUT2D eigenvalue weighted by Crippen LogP contribution is 2.14. The van der Waals surface area contributed by atoms with Crippen molar-refractivity contribution in [3.8, 4) is 0 Å². The molecule has 2 aromatic rings. The maximum atomic E-state index is 2.55. The van der Waals surface area contributed by atoms with Gasteiger partial charge in [0.25, 0.3) is 5.82 Å². The molecule has 0 fully saturated rings. The summed E-state index contributed by atoms with van der Waals surface area (Å²) in [5.74, 6) is 1.53. The Morgan fingerprint density at radius 2 is 1.09 bits per heavy atom. The number of unbranched alkanes of at least 4 members (excludes halogenated alkanes) is 16. The quantitative estimate of drug-likeness (QED) is 0.120. The van der Waals surface area contributed by atoms with Crippen molar-refractivity contribution >= 4 is 0 Å². The van der Waals surface area contributed by atoms with E-state index >= 15 is 0 Å². The van der Waals surface area contributed by atoms with Crippen LogP contribution in [0.3, 0.4) is 0 Å². The van der Waals surface area contributed by atoms with Crippen molar-refractivity contribution in [2.24, 2.45) is 0 Å². The second kappa shape index (κ2) is 19.7. The van der Waals surface area contributed by atoms with Gasteiger partial charge in [0.05, 0.1) is 6.54 Å². The number of hydrogen-bond acceptors (Lipinski definition) is 0. The number of hydrogen-bond donors (Lipinski definition) is 0. The Balaban J connectivity index is 1.67. The summed E-state index contributed by atoms with van der Waals surface area (Å²) in [6.45, 7) is 6.78. The summed E-state index contributed by atoms with van der Waals surface area (Å²) in [5.41, 5.74) is 1.40. The largest absolute Gasteiger partial charge is 0.256 e. The molecule has 2 rings (SSSR count). The molecule has 0 atom stereocenters. The Labute approximate surface area is 212 Å². The highest BCUT2D eigenvalue weighted by molar-refractivity contribution is 5.15. The van der Waals surface area contributed by atoms with Crippen LogP contribution in [-0.4, -0.2) is 4.57 Å². The van der Waals surface area contributed by atoms with Crippen LogP contribution in [0.15, 0.2) is 42.7 Å². The highest BCUT2D eigenvalue weighted by atomic mass is 15.1. The predicted molar refractivity (Wildman–Crippen MR) is 148 cm³/mol. The van der Waals surface area contributed by atoms with Crippen molar-refractivity contribution in [1.82, 2.24) is 4.57 Å². The molecule has 1 aromatic carbocycles. The van der Waals surface area contributed by atoms with Gasteiger partial charge < -0.3 is 0 Å². The van der Waals surface area contributed by atoms with Gasteiger partial charge in [0.2, 0.25) is 0 Å². The molecule has 0 amide bonds. The number of rotatable bonds is 22. The molecule has 1 heterocycles. The maximum absolute atomic E-state index is 2.55. The first-order chi connectivity index (χ1) is 16.8. The Bertz CT molecular complexity index is 703. The van der Waals surface area contributed by atoms with E-state index in [0.29, 0.717) is 0 Å². The van der Waals surface area contributed by atoms with E-state index in [9.17, 15) is 0 Å². The molecule has 0 N–H and O–H groups in total. The lowest BCUT2D eigenvalue weighted by molar-refractivity contribution is -0.704. The summed E-state index contributed by atoms with van der Waals surface area (Å²) in [6.07, 6.45) is 31.1. The third-order valence-corrected chi connectivity index (χ3v) is 7.29. The van der Waals surface area contributed by atoms with Crippen LogP contribution in [-0.2, 0) is 19.5 Å². The van der Waals surface area contributed by atoms with Crippen LogP contribution in [0.4, 0.5) is 0 Å². The average Bonchev–Trinajstić information content (AvgIpc) is 3.23. The number of nitrogens with zero attached hydrogens (tertiary/aromatic N) is 2. The van der Waals surface area contributed by atoms with Crippen LogP contribution < -0.4 is 4.57 Å².